The van der Waals surface area contributed by atoms with Crippen LogP contribution in [0.3, 0.4) is 0 Å². The van der Waals surface area contributed by atoms with Crippen LogP contribution < -0.4 is 14.8 Å². The number of fused-ring (bicyclic) bond motifs is 1. The third-order valence-corrected chi connectivity index (χ3v) is 5.84. The molecule has 8 nitrogen and oxygen atoms in total. The van der Waals surface area contributed by atoms with Crippen molar-refractivity contribution in [3.05, 3.63) is 48.0 Å². The van der Waals surface area contributed by atoms with E-state index >= 15 is 0 Å². The van der Waals surface area contributed by atoms with Gasteiger partial charge in [-0.15, -0.1) is 0 Å². The van der Waals surface area contributed by atoms with Gasteiger partial charge in [0, 0.05) is 25.0 Å². The van der Waals surface area contributed by atoms with E-state index in [0.717, 1.165) is 50.0 Å². The number of nitrogens with one attached hydrogen (secondary N) is 2. The molecule has 2 N–H and O–H groups in total. The van der Waals surface area contributed by atoms with Crippen molar-refractivity contribution in [2.75, 3.05) is 36.6 Å². The summed E-state index contributed by atoms with van der Waals surface area (Å²) in [5, 5.41) is 3.31. The van der Waals surface area contributed by atoms with Gasteiger partial charge in [-0.1, -0.05) is 18.2 Å². The van der Waals surface area contributed by atoms with Gasteiger partial charge in [0.15, 0.2) is 11.6 Å². The number of hydrogen-bond donors (Lipinski definition) is 2. The lowest BCUT2D eigenvalue weighted by atomic mass is 9.91. The first kappa shape index (κ1) is 21.3. The van der Waals surface area contributed by atoms with Crippen molar-refractivity contribution in [2.45, 2.75) is 19.3 Å². The van der Waals surface area contributed by atoms with Crippen LogP contribution in [0.25, 0.3) is 11.0 Å². The number of para-hydroxylation sites is 2. The fraction of sp³-hybridized carbons (Fsp3) is 0.364. The summed E-state index contributed by atoms with van der Waals surface area (Å²) in [6.45, 7) is 1.56. The molecule has 0 aliphatic carbocycles. The summed E-state index contributed by atoms with van der Waals surface area (Å²) in [4.78, 5) is 9.12. The highest BCUT2D eigenvalue weighted by Crippen LogP contribution is 2.32. The van der Waals surface area contributed by atoms with Crippen molar-refractivity contribution in [1.29, 1.82) is 0 Å². The number of anilines is 3. The van der Waals surface area contributed by atoms with E-state index in [0.29, 0.717) is 28.5 Å². The van der Waals surface area contributed by atoms with Gasteiger partial charge >= 0.3 is 0 Å². The molecule has 3 aromatic rings. The number of benzene rings is 2. The zero-order valence-corrected chi connectivity index (χ0v) is 18.4. The SMILES string of the molecule is COc1ccc(CC2CCOCC2)c(Nc2nc3ccccc3nc2NS(C)(=O)=O)c1. The van der Waals surface area contributed by atoms with Gasteiger partial charge in [0.2, 0.25) is 10.0 Å². The standard InChI is InChI=1S/C22H26N4O4S/c1-29-17-8-7-16(13-15-9-11-30-12-10-15)20(14-17)25-21-22(26-31(2,27)28)24-19-6-4-3-5-18(19)23-21/h3-8,14-15H,9-13H2,1-2H3,(H,23,25)(H,24,26). The molecule has 0 unspecified atom stereocenters. The molecule has 2 heterocycles. The van der Waals surface area contributed by atoms with E-state index in [-0.39, 0.29) is 5.82 Å². The minimum absolute atomic E-state index is 0.154. The van der Waals surface area contributed by atoms with Crippen LogP contribution >= 0.6 is 0 Å². The summed E-state index contributed by atoms with van der Waals surface area (Å²) in [6.07, 6.45) is 4.01. The van der Waals surface area contributed by atoms with Crippen LogP contribution in [0, 0.1) is 5.92 Å². The third-order valence-electron chi connectivity index (χ3n) is 5.27. The maximum absolute atomic E-state index is 11.9. The van der Waals surface area contributed by atoms with Crippen LogP contribution in [0.1, 0.15) is 18.4 Å². The van der Waals surface area contributed by atoms with Crippen molar-refractivity contribution in [3.8, 4) is 5.75 Å². The minimum atomic E-state index is -3.54. The van der Waals surface area contributed by atoms with Gasteiger partial charge < -0.3 is 14.8 Å². The number of methoxy groups -OCH3 is 1. The molecular weight excluding hydrogens is 416 g/mol. The smallest absolute Gasteiger partial charge is 0.231 e. The number of rotatable bonds is 7. The van der Waals surface area contributed by atoms with Crippen molar-refractivity contribution < 1.29 is 17.9 Å². The highest BCUT2D eigenvalue weighted by Gasteiger charge is 2.19. The number of nitrogens with zero attached hydrogens (tertiary/aromatic N) is 2. The van der Waals surface area contributed by atoms with Gasteiger partial charge in [-0.2, -0.15) is 0 Å². The van der Waals surface area contributed by atoms with E-state index in [1.165, 1.54) is 0 Å². The molecule has 0 saturated carbocycles. The second-order valence-electron chi connectivity index (χ2n) is 7.69. The average molecular weight is 443 g/mol. The molecule has 1 saturated heterocycles. The van der Waals surface area contributed by atoms with E-state index in [9.17, 15) is 8.42 Å². The first-order valence-electron chi connectivity index (χ1n) is 10.2. The number of ether oxygens (including phenoxy) is 2. The Hall–Kier alpha value is -2.91. The molecule has 0 radical (unpaired) electrons. The first-order chi connectivity index (χ1) is 14.9. The Morgan fingerprint density at radius 2 is 1.74 bits per heavy atom. The van der Waals surface area contributed by atoms with E-state index in [2.05, 4.69) is 20.0 Å². The molecule has 9 heteroatoms. The van der Waals surface area contributed by atoms with E-state index in [4.69, 9.17) is 9.47 Å². The van der Waals surface area contributed by atoms with Crippen LogP contribution in [0.2, 0.25) is 0 Å². The Bertz CT molecular complexity index is 1180. The van der Waals surface area contributed by atoms with Gasteiger partial charge in [-0.05, 0) is 48.9 Å². The average Bonchev–Trinajstić information content (AvgIpc) is 2.75. The summed E-state index contributed by atoms with van der Waals surface area (Å²) in [7, 11) is -1.92. The molecule has 4 rings (SSSR count). The van der Waals surface area contributed by atoms with Gasteiger partial charge in [0.1, 0.15) is 5.75 Å². The third kappa shape index (κ3) is 5.42. The molecule has 1 aromatic heterocycles. The molecule has 0 amide bonds. The topological polar surface area (TPSA) is 102 Å². The van der Waals surface area contributed by atoms with Crippen molar-refractivity contribution in [3.63, 3.8) is 0 Å². The second-order valence-corrected chi connectivity index (χ2v) is 9.44. The van der Waals surface area contributed by atoms with Crippen molar-refractivity contribution in [2.24, 2.45) is 5.92 Å². The number of aromatic nitrogens is 2. The summed E-state index contributed by atoms with van der Waals surface area (Å²) in [5.74, 6) is 1.72. The molecule has 0 atom stereocenters. The normalized spacial score (nSPS) is 15.0. The van der Waals surface area contributed by atoms with Gasteiger partial charge in [-0.3, -0.25) is 4.72 Å². The monoisotopic (exact) mass is 442 g/mol. The quantitative estimate of drug-likeness (QED) is 0.575. The fourth-order valence-electron chi connectivity index (χ4n) is 3.70. The largest absolute Gasteiger partial charge is 0.497 e. The highest BCUT2D eigenvalue weighted by molar-refractivity contribution is 7.92. The fourth-order valence-corrected chi connectivity index (χ4v) is 4.19. The molecule has 1 aliphatic rings. The van der Waals surface area contributed by atoms with Gasteiger partial charge in [0.25, 0.3) is 0 Å². The van der Waals surface area contributed by atoms with Crippen LogP contribution in [-0.4, -0.2) is 45.0 Å². The van der Waals surface area contributed by atoms with Crippen molar-refractivity contribution >= 4 is 38.4 Å². The van der Waals surface area contributed by atoms with Crippen LogP contribution in [-0.2, 0) is 21.2 Å². The Balaban J connectivity index is 1.73. The molecule has 0 bridgehead atoms. The maximum Gasteiger partial charge on any atom is 0.231 e. The molecular formula is C22H26N4O4S. The first-order valence-corrected chi connectivity index (χ1v) is 12.1. The minimum Gasteiger partial charge on any atom is -0.497 e. The van der Waals surface area contributed by atoms with E-state index in [1.807, 2.05) is 36.4 Å². The maximum atomic E-state index is 11.9. The lowest BCUT2D eigenvalue weighted by Crippen LogP contribution is -2.18. The summed E-state index contributed by atoms with van der Waals surface area (Å²) in [5.41, 5.74) is 3.19. The predicted octanol–water partition coefficient (Wildman–Crippen LogP) is 3.72. The molecule has 164 valence electrons. The summed E-state index contributed by atoms with van der Waals surface area (Å²) in [6, 6.07) is 13.2. The molecule has 2 aromatic carbocycles. The van der Waals surface area contributed by atoms with Gasteiger partial charge in [-0.25, -0.2) is 18.4 Å². The van der Waals surface area contributed by atoms with Crippen molar-refractivity contribution in [1.82, 2.24) is 9.97 Å². The Morgan fingerprint density at radius 1 is 1.06 bits per heavy atom. The van der Waals surface area contributed by atoms with Crippen LogP contribution in [0.15, 0.2) is 42.5 Å². The molecule has 1 aliphatic heterocycles. The zero-order valence-electron chi connectivity index (χ0n) is 17.6. The van der Waals surface area contributed by atoms with Gasteiger partial charge in [0.05, 0.1) is 24.4 Å². The zero-order chi connectivity index (χ0) is 21.8. The van der Waals surface area contributed by atoms with E-state index < -0.39 is 10.0 Å². The number of sulfonamides is 1. The summed E-state index contributed by atoms with van der Waals surface area (Å²) < 4.78 is 37.2. The molecule has 31 heavy (non-hydrogen) atoms. The molecule has 0 spiro atoms. The Kier molecular flexibility index (Phi) is 6.24. The van der Waals surface area contributed by atoms with E-state index in [1.54, 1.807) is 13.2 Å². The molecule has 1 fully saturated rings. The number of hydrogen-bond acceptors (Lipinski definition) is 7. The predicted molar refractivity (Wildman–Crippen MR) is 122 cm³/mol. The Morgan fingerprint density at radius 3 is 2.39 bits per heavy atom. The lowest BCUT2D eigenvalue weighted by Gasteiger charge is -2.23. The Labute approximate surface area is 182 Å². The highest BCUT2D eigenvalue weighted by atomic mass is 32.2. The lowest BCUT2D eigenvalue weighted by molar-refractivity contribution is 0.0666. The second kappa shape index (κ2) is 9.07. The van der Waals surface area contributed by atoms with Crippen LogP contribution in [0.4, 0.5) is 17.3 Å². The van der Waals surface area contributed by atoms with Crippen LogP contribution in [0.5, 0.6) is 5.75 Å². The summed E-state index contributed by atoms with van der Waals surface area (Å²) >= 11 is 0.